The molecule has 20 heavy (non-hydrogen) atoms. The van der Waals surface area contributed by atoms with Gasteiger partial charge in [-0.15, -0.1) is 0 Å². The second kappa shape index (κ2) is 6.93. The molecule has 0 saturated heterocycles. The van der Waals surface area contributed by atoms with Gasteiger partial charge in [0.15, 0.2) is 0 Å². The van der Waals surface area contributed by atoms with Gasteiger partial charge in [-0.1, -0.05) is 23.7 Å². The van der Waals surface area contributed by atoms with Crippen LogP contribution in [0.1, 0.15) is 43.7 Å². The molecule has 1 aromatic rings. The highest BCUT2D eigenvalue weighted by molar-refractivity contribution is 6.30. The maximum absolute atomic E-state index is 5.97. The van der Waals surface area contributed by atoms with Crippen molar-refractivity contribution in [2.24, 2.45) is 11.8 Å². The number of rotatable bonds is 9. The molecule has 3 heteroatoms. The molecule has 2 aliphatic rings. The lowest BCUT2D eigenvalue weighted by molar-refractivity contribution is 0.121. The third kappa shape index (κ3) is 4.47. The van der Waals surface area contributed by atoms with Crippen LogP contribution >= 0.6 is 11.6 Å². The Morgan fingerprint density at radius 2 is 1.90 bits per heavy atom. The normalized spacial score (nSPS) is 20.1. The molecule has 0 aromatic heterocycles. The van der Waals surface area contributed by atoms with Gasteiger partial charge in [-0.2, -0.15) is 0 Å². The number of benzene rings is 1. The maximum Gasteiger partial charge on any atom is 0.0494 e. The van der Waals surface area contributed by atoms with Crippen LogP contribution in [0.15, 0.2) is 24.3 Å². The monoisotopic (exact) mass is 293 g/mol. The number of hydrogen-bond donors (Lipinski definition) is 1. The zero-order valence-electron chi connectivity index (χ0n) is 12.0. The van der Waals surface area contributed by atoms with Gasteiger partial charge in [0, 0.05) is 24.3 Å². The van der Waals surface area contributed by atoms with Crippen molar-refractivity contribution in [3.05, 3.63) is 34.9 Å². The first-order chi connectivity index (χ1) is 9.83. The van der Waals surface area contributed by atoms with Crippen molar-refractivity contribution >= 4 is 11.6 Å². The fourth-order valence-corrected chi connectivity index (χ4v) is 2.75. The van der Waals surface area contributed by atoms with Crippen molar-refractivity contribution in [1.29, 1.82) is 0 Å². The zero-order valence-corrected chi connectivity index (χ0v) is 12.7. The Kier molecular flexibility index (Phi) is 4.98. The minimum absolute atomic E-state index is 0.496. The smallest absolute Gasteiger partial charge is 0.0494 e. The van der Waals surface area contributed by atoms with Gasteiger partial charge in [0.05, 0.1) is 0 Å². The van der Waals surface area contributed by atoms with Crippen LogP contribution in [0.2, 0.25) is 5.02 Å². The van der Waals surface area contributed by atoms with E-state index < -0.39 is 0 Å². The topological polar surface area (TPSA) is 21.3 Å². The summed E-state index contributed by atoms with van der Waals surface area (Å²) in [6, 6.07) is 8.79. The molecule has 0 amide bonds. The molecule has 110 valence electrons. The van der Waals surface area contributed by atoms with E-state index in [1.54, 1.807) is 0 Å². The van der Waals surface area contributed by atoms with E-state index in [-0.39, 0.29) is 0 Å². The van der Waals surface area contributed by atoms with Crippen LogP contribution in [0.25, 0.3) is 0 Å². The van der Waals surface area contributed by atoms with Crippen LogP contribution < -0.4 is 5.32 Å². The molecule has 1 atom stereocenters. The van der Waals surface area contributed by atoms with Crippen molar-refractivity contribution in [3.63, 3.8) is 0 Å². The summed E-state index contributed by atoms with van der Waals surface area (Å²) < 4.78 is 5.68. The van der Waals surface area contributed by atoms with Gasteiger partial charge in [0.2, 0.25) is 0 Å². The van der Waals surface area contributed by atoms with Gasteiger partial charge in [-0.25, -0.2) is 0 Å². The molecule has 1 N–H and O–H groups in total. The molecule has 2 saturated carbocycles. The zero-order chi connectivity index (χ0) is 13.8. The second-order valence-corrected chi connectivity index (χ2v) is 6.63. The molecule has 2 nitrogen and oxygen atoms in total. The van der Waals surface area contributed by atoms with Crippen molar-refractivity contribution in [2.45, 2.75) is 38.1 Å². The predicted octanol–water partition coefficient (Wildman–Crippen LogP) is 4.20. The molecule has 0 aliphatic heterocycles. The summed E-state index contributed by atoms with van der Waals surface area (Å²) in [5.74, 6) is 1.68. The highest BCUT2D eigenvalue weighted by Crippen LogP contribution is 2.41. The summed E-state index contributed by atoms with van der Waals surface area (Å²) in [6.45, 7) is 2.90. The molecule has 2 aliphatic carbocycles. The lowest BCUT2D eigenvalue weighted by Crippen LogP contribution is -2.25. The third-order valence-electron chi connectivity index (χ3n) is 4.20. The van der Waals surface area contributed by atoms with Crippen LogP contribution in [0.3, 0.4) is 0 Å². The van der Waals surface area contributed by atoms with E-state index in [9.17, 15) is 0 Å². The summed E-state index contributed by atoms with van der Waals surface area (Å²) in [6.07, 6.45) is 6.54. The van der Waals surface area contributed by atoms with E-state index >= 15 is 0 Å². The summed E-state index contributed by atoms with van der Waals surface area (Å²) in [7, 11) is 0. The molecule has 2 fully saturated rings. The SMILES string of the molecule is Clc1ccc(C(NCCCOCC2CC2)C2CC2)cc1. The molecule has 0 radical (unpaired) electrons. The lowest BCUT2D eigenvalue weighted by atomic mass is 10.0. The van der Waals surface area contributed by atoms with Gasteiger partial charge in [-0.05, 0) is 68.2 Å². The summed E-state index contributed by atoms with van der Waals surface area (Å²) >= 11 is 5.97. The molecular weight excluding hydrogens is 270 g/mol. The third-order valence-corrected chi connectivity index (χ3v) is 4.45. The lowest BCUT2D eigenvalue weighted by Gasteiger charge is -2.19. The highest BCUT2D eigenvalue weighted by atomic mass is 35.5. The first-order valence-electron chi connectivity index (χ1n) is 7.89. The average Bonchev–Trinajstić information content (AvgIpc) is 3.33. The van der Waals surface area contributed by atoms with Gasteiger partial charge < -0.3 is 10.1 Å². The Balaban J connectivity index is 1.39. The van der Waals surface area contributed by atoms with Crippen LogP contribution in [-0.4, -0.2) is 19.8 Å². The first kappa shape index (κ1) is 14.4. The van der Waals surface area contributed by atoms with Crippen molar-refractivity contribution in [1.82, 2.24) is 5.32 Å². The Hall–Kier alpha value is -0.570. The largest absolute Gasteiger partial charge is 0.381 e. The standard InChI is InChI=1S/C17H24ClNO/c18-16-8-6-15(7-9-16)17(14-4-5-14)19-10-1-11-20-12-13-2-3-13/h6-9,13-14,17,19H,1-5,10-12H2. The predicted molar refractivity (Wildman–Crippen MR) is 83.1 cm³/mol. The van der Waals surface area contributed by atoms with E-state index in [1.807, 2.05) is 12.1 Å². The Morgan fingerprint density at radius 3 is 2.55 bits per heavy atom. The van der Waals surface area contributed by atoms with E-state index in [4.69, 9.17) is 16.3 Å². The molecule has 0 heterocycles. The van der Waals surface area contributed by atoms with Crippen molar-refractivity contribution < 1.29 is 4.74 Å². The minimum atomic E-state index is 0.496. The molecule has 0 bridgehead atoms. The van der Waals surface area contributed by atoms with Crippen LogP contribution in [0.5, 0.6) is 0 Å². The van der Waals surface area contributed by atoms with E-state index in [1.165, 1.54) is 31.2 Å². The Labute approximate surface area is 126 Å². The first-order valence-corrected chi connectivity index (χ1v) is 8.27. The van der Waals surface area contributed by atoms with E-state index in [0.717, 1.165) is 43.0 Å². The maximum atomic E-state index is 5.97. The summed E-state index contributed by atoms with van der Waals surface area (Å²) in [4.78, 5) is 0. The fourth-order valence-electron chi connectivity index (χ4n) is 2.62. The van der Waals surface area contributed by atoms with Crippen molar-refractivity contribution in [3.8, 4) is 0 Å². The van der Waals surface area contributed by atoms with Crippen LogP contribution in [0.4, 0.5) is 0 Å². The number of ether oxygens (including phenoxy) is 1. The number of halogens is 1. The van der Waals surface area contributed by atoms with Crippen LogP contribution in [0, 0.1) is 11.8 Å². The molecule has 1 unspecified atom stereocenters. The van der Waals surface area contributed by atoms with Gasteiger partial charge >= 0.3 is 0 Å². The summed E-state index contributed by atoms with van der Waals surface area (Å²) in [5, 5.41) is 4.51. The van der Waals surface area contributed by atoms with Gasteiger partial charge in [0.1, 0.15) is 0 Å². The number of nitrogens with one attached hydrogen (secondary N) is 1. The van der Waals surface area contributed by atoms with E-state index in [0.29, 0.717) is 6.04 Å². The highest BCUT2D eigenvalue weighted by Gasteiger charge is 2.31. The molecule has 3 rings (SSSR count). The Morgan fingerprint density at radius 1 is 1.15 bits per heavy atom. The average molecular weight is 294 g/mol. The second-order valence-electron chi connectivity index (χ2n) is 6.19. The van der Waals surface area contributed by atoms with Gasteiger partial charge in [-0.3, -0.25) is 0 Å². The van der Waals surface area contributed by atoms with Crippen molar-refractivity contribution in [2.75, 3.05) is 19.8 Å². The van der Waals surface area contributed by atoms with E-state index in [2.05, 4.69) is 17.4 Å². The number of hydrogen-bond acceptors (Lipinski definition) is 2. The minimum Gasteiger partial charge on any atom is -0.381 e. The van der Waals surface area contributed by atoms with Crippen LogP contribution in [-0.2, 0) is 4.74 Å². The van der Waals surface area contributed by atoms with Gasteiger partial charge in [0.25, 0.3) is 0 Å². The molecule has 1 aromatic carbocycles. The quantitative estimate of drug-likeness (QED) is 0.689. The Bertz CT molecular complexity index is 412. The summed E-state index contributed by atoms with van der Waals surface area (Å²) in [5.41, 5.74) is 1.37. The fraction of sp³-hybridized carbons (Fsp3) is 0.647. The molecular formula is C17H24ClNO. The molecule has 0 spiro atoms.